The molecule has 1 N–H and O–H groups in total. The Kier molecular flexibility index (Phi) is 5.84. The van der Waals surface area contributed by atoms with Crippen molar-refractivity contribution >= 4 is 28.9 Å². The summed E-state index contributed by atoms with van der Waals surface area (Å²) in [6.45, 7) is 6.16. The number of nitro benzene ring substituents is 1. The van der Waals surface area contributed by atoms with E-state index in [1.807, 2.05) is 13.8 Å². The van der Waals surface area contributed by atoms with Crippen LogP contribution in [0.15, 0.2) is 42.6 Å². The van der Waals surface area contributed by atoms with Crippen molar-refractivity contribution in [1.29, 1.82) is 0 Å². The number of amides is 1. The average molecular weight is 415 g/mol. The van der Waals surface area contributed by atoms with Crippen LogP contribution in [0.3, 0.4) is 0 Å². The first kappa shape index (κ1) is 20.3. The van der Waals surface area contributed by atoms with E-state index in [2.05, 4.69) is 10.4 Å². The van der Waals surface area contributed by atoms with E-state index in [0.717, 1.165) is 5.56 Å². The zero-order valence-corrected chi connectivity index (χ0v) is 16.9. The predicted octanol–water partition coefficient (Wildman–Crippen LogP) is 5.13. The van der Waals surface area contributed by atoms with Crippen molar-refractivity contribution in [2.24, 2.45) is 0 Å². The van der Waals surface area contributed by atoms with Gasteiger partial charge in [0.2, 0.25) is 0 Å². The second-order valence-corrected chi connectivity index (χ2v) is 6.83. The van der Waals surface area contributed by atoms with Crippen LogP contribution in [0.4, 0.5) is 11.4 Å². The second kappa shape index (κ2) is 8.32. The van der Waals surface area contributed by atoms with Gasteiger partial charge in [-0.15, -0.1) is 0 Å². The van der Waals surface area contributed by atoms with Crippen molar-refractivity contribution in [1.82, 2.24) is 9.78 Å². The highest BCUT2D eigenvalue weighted by Gasteiger charge is 2.17. The summed E-state index contributed by atoms with van der Waals surface area (Å²) in [6.07, 6.45) is 1.47. The van der Waals surface area contributed by atoms with Gasteiger partial charge in [-0.1, -0.05) is 11.6 Å². The molecule has 3 aromatic rings. The number of aryl methyl sites for hydroxylation is 2. The number of non-ortho nitro benzene ring substituents is 1. The fourth-order valence-corrected chi connectivity index (χ4v) is 3.09. The van der Waals surface area contributed by atoms with Gasteiger partial charge in [0.25, 0.3) is 11.6 Å². The Hall–Kier alpha value is -3.39. The smallest absolute Gasteiger partial charge is 0.275 e. The number of nitro groups is 1. The molecular weight excluding hydrogens is 396 g/mol. The van der Waals surface area contributed by atoms with E-state index in [0.29, 0.717) is 28.6 Å². The zero-order valence-electron chi connectivity index (χ0n) is 16.1. The molecule has 0 unspecified atom stereocenters. The maximum Gasteiger partial charge on any atom is 0.275 e. The molecule has 0 atom stereocenters. The summed E-state index contributed by atoms with van der Waals surface area (Å²) >= 11 is 5.95. The molecule has 29 heavy (non-hydrogen) atoms. The van der Waals surface area contributed by atoms with Gasteiger partial charge in [-0.3, -0.25) is 19.6 Å². The number of aromatic nitrogens is 2. The SMILES string of the molecule is CCn1ncc(C(=O)Nc2cc(Oc3ccc(Cl)cc3C)cc([N+](=O)[O-])c2)c1C. The molecule has 8 nitrogen and oxygen atoms in total. The first-order chi connectivity index (χ1) is 13.8. The number of nitrogens with zero attached hydrogens (tertiary/aromatic N) is 3. The van der Waals surface area contributed by atoms with Gasteiger partial charge in [0, 0.05) is 29.4 Å². The van der Waals surface area contributed by atoms with E-state index in [1.165, 1.54) is 24.4 Å². The van der Waals surface area contributed by atoms with Crippen molar-refractivity contribution in [3.05, 3.63) is 74.6 Å². The first-order valence-electron chi connectivity index (χ1n) is 8.85. The van der Waals surface area contributed by atoms with Crippen LogP contribution in [0, 0.1) is 24.0 Å². The monoisotopic (exact) mass is 414 g/mol. The summed E-state index contributed by atoms with van der Waals surface area (Å²) in [5.74, 6) is 0.324. The minimum atomic E-state index is -0.544. The van der Waals surface area contributed by atoms with Crippen LogP contribution in [0.25, 0.3) is 0 Å². The topological polar surface area (TPSA) is 99.3 Å². The Morgan fingerprint density at radius 1 is 1.28 bits per heavy atom. The first-order valence-corrected chi connectivity index (χ1v) is 9.23. The van der Waals surface area contributed by atoms with Crippen LogP contribution in [0.1, 0.15) is 28.5 Å². The Labute approximate surface area is 172 Å². The van der Waals surface area contributed by atoms with Crippen LogP contribution >= 0.6 is 11.6 Å². The number of rotatable bonds is 6. The normalized spacial score (nSPS) is 10.6. The number of hydrogen-bond donors (Lipinski definition) is 1. The third-order valence-electron chi connectivity index (χ3n) is 4.37. The van der Waals surface area contributed by atoms with Crippen molar-refractivity contribution in [3.63, 3.8) is 0 Å². The van der Waals surface area contributed by atoms with E-state index in [-0.39, 0.29) is 17.1 Å². The maximum absolute atomic E-state index is 12.6. The Balaban J connectivity index is 1.91. The average Bonchev–Trinajstić information content (AvgIpc) is 3.04. The molecule has 1 aromatic heterocycles. The summed E-state index contributed by atoms with van der Waals surface area (Å²) in [7, 11) is 0. The Morgan fingerprint density at radius 3 is 2.66 bits per heavy atom. The number of hydrogen-bond acceptors (Lipinski definition) is 5. The molecule has 0 aliphatic rings. The summed E-state index contributed by atoms with van der Waals surface area (Å²) in [5, 5.41) is 18.7. The molecule has 3 rings (SSSR count). The van der Waals surface area contributed by atoms with Crippen LogP contribution in [-0.4, -0.2) is 20.6 Å². The minimum absolute atomic E-state index is 0.203. The van der Waals surface area contributed by atoms with Crippen LogP contribution in [0.5, 0.6) is 11.5 Å². The number of carbonyl (C=O) groups excluding carboxylic acids is 1. The van der Waals surface area contributed by atoms with Gasteiger partial charge >= 0.3 is 0 Å². The quantitative estimate of drug-likeness (QED) is 0.445. The molecule has 150 valence electrons. The van der Waals surface area contributed by atoms with E-state index in [4.69, 9.17) is 16.3 Å². The number of halogens is 1. The fraction of sp³-hybridized carbons (Fsp3) is 0.200. The van der Waals surface area contributed by atoms with Gasteiger partial charge < -0.3 is 10.1 Å². The molecule has 0 aliphatic carbocycles. The van der Waals surface area contributed by atoms with E-state index in [9.17, 15) is 14.9 Å². The zero-order chi connectivity index (χ0) is 21.1. The molecule has 0 saturated carbocycles. The molecule has 0 fully saturated rings. The molecule has 1 amide bonds. The number of nitrogens with one attached hydrogen (secondary N) is 1. The number of anilines is 1. The molecule has 0 bridgehead atoms. The Morgan fingerprint density at radius 2 is 2.03 bits per heavy atom. The van der Waals surface area contributed by atoms with Crippen molar-refractivity contribution in [3.8, 4) is 11.5 Å². The highest BCUT2D eigenvalue weighted by molar-refractivity contribution is 6.30. The van der Waals surface area contributed by atoms with Gasteiger partial charge in [-0.05, 0) is 44.5 Å². The largest absolute Gasteiger partial charge is 0.457 e. The number of ether oxygens (including phenoxy) is 1. The summed E-state index contributed by atoms with van der Waals surface area (Å²) in [6, 6.07) is 9.17. The third-order valence-corrected chi connectivity index (χ3v) is 4.61. The Bertz CT molecular complexity index is 1090. The van der Waals surface area contributed by atoms with E-state index >= 15 is 0 Å². The predicted molar refractivity (Wildman–Crippen MR) is 110 cm³/mol. The molecule has 0 aliphatic heterocycles. The minimum Gasteiger partial charge on any atom is -0.457 e. The summed E-state index contributed by atoms with van der Waals surface area (Å²) < 4.78 is 7.49. The summed E-state index contributed by atoms with van der Waals surface area (Å²) in [4.78, 5) is 23.4. The standard InChI is InChI=1S/C20H19ClN4O4/c1-4-24-13(3)18(11-22-24)20(26)23-15-8-16(25(27)28)10-17(9-15)29-19-6-5-14(21)7-12(19)2/h5-11H,4H2,1-3H3,(H,23,26). The third kappa shape index (κ3) is 4.55. The van der Waals surface area contributed by atoms with Gasteiger partial charge in [0.05, 0.1) is 28.4 Å². The number of carbonyl (C=O) groups is 1. The van der Waals surface area contributed by atoms with Gasteiger partial charge in [0.1, 0.15) is 11.5 Å². The van der Waals surface area contributed by atoms with Crippen LogP contribution < -0.4 is 10.1 Å². The van der Waals surface area contributed by atoms with Crippen molar-refractivity contribution in [2.75, 3.05) is 5.32 Å². The van der Waals surface area contributed by atoms with Crippen molar-refractivity contribution in [2.45, 2.75) is 27.3 Å². The molecule has 2 aromatic carbocycles. The van der Waals surface area contributed by atoms with E-state index in [1.54, 1.807) is 29.8 Å². The fourth-order valence-electron chi connectivity index (χ4n) is 2.86. The van der Waals surface area contributed by atoms with Gasteiger partial charge in [-0.2, -0.15) is 5.10 Å². The second-order valence-electron chi connectivity index (χ2n) is 6.40. The highest BCUT2D eigenvalue weighted by Crippen LogP contribution is 2.32. The lowest BCUT2D eigenvalue weighted by molar-refractivity contribution is -0.384. The molecular formula is C20H19ClN4O4. The lowest BCUT2D eigenvalue weighted by Crippen LogP contribution is -2.13. The molecule has 0 radical (unpaired) electrons. The summed E-state index contributed by atoms with van der Waals surface area (Å²) in [5.41, 5.74) is 1.93. The molecule has 0 spiro atoms. The maximum atomic E-state index is 12.6. The molecule has 1 heterocycles. The number of benzene rings is 2. The lowest BCUT2D eigenvalue weighted by atomic mass is 10.2. The lowest BCUT2D eigenvalue weighted by Gasteiger charge is -2.11. The van der Waals surface area contributed by atoms with Crippen LogP contribution in [-0.2, 0) is 6.54 Å². The highest BCUT2D eigenvalue weighted by atomic mass is 35.5. The van der Waals surface area contributed by atoms with E-state index < -0.39 is 10.8 Å². The van der Waals surface area contributed by atoms with Gasteiger partial charge in [0.15, 0.2) is 0 Å². The molecule has 0 saturated heterocycles. The van der Waals surface area contributed by atoms with Crippen LogP contribution in [0.2, 0.25) is 5.02 Å². The van der Waals surface area contributed by atoms with Gasteiger partial charge in [-0.25, -0.2) is 0 Å². The molecule has 9 heteroatoms. The van der Waals surface area contributed by atoms with Crippen molar-refractivity contribution < 1.29 is 14.5 Å².